The van der Waals surface area contributed by atoms with Crippen LogP contribution in [0.5, 0.6) is 0 Å². The van der Waals surface area contributed by atoms with E-state index in [9.17, 15) is 4.79 Å². The van der Waals surface area contributed by atoms with Crippen molar-refractivity contribution in [1.29, 1.82) is 0 Å². The molecule has 4 heteroatoms. The Bertz CT molecular complexity index is 447. The van der Waals surface area contributed by atoms with E-state index in [2.05, 4.69) is 6.92 Å². The van der Waals surface area contributed by atoms with E-state index in [-0.39, 0.29) is 5.91 Å². The van der Waals surface area contributed by atoms with Crippen LogP contribution < -0.4 is 5.73 Å². The molecule has 0 spiro atoms. The first-order valence-electron chi connectivity index (χ1n) is 6.38. The molecular formula is C14H19ClN2O. The highest BCUT2D eigenvalue weighted by Gasteiger charge is 2.20. The number of carbonyl (C=O) groups excluding carboxylic acids is 1. The Kier molecular flexibility index (Phi) is 4.12. The van der Waals surface area contributed by atoms with Crippen LogP contribution in [-0.2, 0) is 11.3 Å². The summed E-state index contributed by atoms with van der Waals surface area (Å²) in [5, 5.41) is 0.675. The molecule has 98 valence electrons. The van der Waals surface area contributed by atoms with Crippen molar-refractivity contribution in [3.63, 3.8) is 0 Å². The maximum Gasteiger partial charge on any atom is 0.222 e. The van der Waals surface area contributed by atoms with Gasteiger partial charge in [0.15, 0.2) is 0 Å². The molecule has 18 heavy (non-hydrogen) atoms. The molecule has 1 aromatic rings. The summed E-state index contributed by atoms with van der Waals surface area (Å²) in [4.78, 5) is 13.9. The number of likely N-dealkylation sites (tertiary alicyclic amines) is 1. The number of nitrogens with zero attached hydrogens (tertiary/aromatic N) is 1. The Labute approximate surface area is 113 Å². The van der Waals surface area contributed by atoms with Gasteiger partial charge < -0.3 is 10.6 Å². The molecule has 1 aliphatic heterocycles. The highest BCUT2D eigenvalue weighted by molar-refractivity contribution is 6.31. The minimum atomic E-state index is 0.220. The van der Waals surface area contributed by atoms with Gasteiger partial charge in [-0.15, -0.1) is 0 Å². The summed E-state index contributed by atoms with van der Waals surface area (Å²) in [5.74, 6) is 0.841. The molecule has 1 saturated heterocycles. The van der Waals surface area contributed by atoms with Crippen LogP contribution in [0.2, 0.25) is 5.02 Å². The topological polar surface area (TPSA) is 46.3 Å². The molecule has 1 heterocycles. The zero-order valence-corrected chi connectivity index (χ0v) is 11.4. The van der Waals surface area contributed by atoms with Crippen molar-refractivity contribution in [3.05, 3.63) is 28.8 Å². The third-order valence-corrected chi connectivity index (χ3v) is 3.90. The van der Waals surface area contributed by atoms with Crippen LogP contribution in [0.4, 0.5) is 5.69 Å². The van der Waals surface area contributed by atoms with Crippen LogP contribution in [0.25, 0.3) is 0 Å². The van der Waals surface area contributed by atoms with Gasteiger partial charge in [0.1, 0.15) is 0 Å². The SMILES string of the molecule is CC1CCC(=O)N(Cc2cc(N)ccc2Cl)CC1. The molecular weight excluding hydrogens is 248 g/mol. The summed E-state index contributed by atoms with van der Waals surface area (Å²) in [6.07, 6.45) is 2.69. The average Bonchev–Trinajstić information content (AvgIpc) is 2.49. The molecule has 2 N–H and O–H groups in total. The van der Waals surface area contributed by atoms with Gasteiger partial charge in [-0.25, -0.2) is 0 Å². The monoisotopic (exact) mass is 266 g/mol. The molecule has 0 aromatic heterocycles. The lowest BCUT2D eigenvalue weighted by atomic mass is 10.0. The van der Waals surface area contributed by atoms with Crippen molar-refractivity contribution in [3.8, 4) is 0 Å². The second-order valence-corrected chi connectivity index (χ2v) is 5.51. The van der Waals surface area contributed by atoms with Crippen LogP contribution in [0, 0.1) is 5.92 Å². The van der Waals surface area contributed by atoms with Gasteiger partial charge in [-0.2, -0.15) is 0 Å². The number of halogens is 1. The maximum atomic E-state index is 12.0. The zero-order chi connectivity index (χ0) is 13.1. The molecule has 0 saturated carbocycles. The van der Waals surface area contributed by atoms with E-state index in [4.69, 9.17) is 17.3 Å². The van der Waals surface area contributed by atoms with Crippen LogP contribution in [0.1, 0.15) is 31.7 Å². The molecule has 1 fully saturated rings. The first kappa shape index (κ1) is 13.2. The number of hydrogen-bond donors (Lipinski definition) is 1. The number of anilines is 1. The van der Waals surface area contributed by atoms with E-state index in [0.29, 0.717) is 29.6 Å². The maximum absolute atomic E-state index is 12.0. The summed E-state index contributed by atoms with van der Waals surface area (Å²) in [6.45, 7) is 3.57. The molecule has 0 aliphatic carbocycles. The van der Waals surface area contributed by atoms with Crippen LogP contribution in [0.3, 0.4) is 0 Å². The van der Waals surface area contributed by atoms with Crippen LogP contribution in [0.15, 0.2) is 18.2 Å². The van der Waals surface area contributed by atoms with Gasteiger partial charge in [0, 0.05) is 30.2 Å². The second kappa shape index (κ2) is 5.61. The van der Waals surface area contributed by atoms with Crippen molar-refractivity contribution in [2.24, 2.45) is 5.92 Å². The van der Waals surface area contributed by atoms with E-state index >= 15 is 0 Å². The van der Waals surface area contributed by atoms with Crippen molar-refractivity contribution in [1.82, 2.24) is 4.90 Å². The molecule has 2 rings (SSSR count). The number of nitrogens with two attached hydrogens (primary N) is 1. The molecule has 1 atom stereocenters. The Morgan fingerprint density at radius 1 is 1.44 bits per heavy atom. The van der Waals surface area contributed by atoms with E-state index in [1.165, 1.54) is 0 Å². The lowest BCUT2D eigenvalue weighted by molar-refractivity contribution is -0.131. The van der Waals surface area contributed by atoms with Crippen molar-refractivity contribution >= 4 is 23.2 Å². The fraction of sp³-hybridized carbons (Fsp3) is 0.500. The standard InChI is InChI=1S/C14H19ClN2O/c1-10-2-5-14(18)17(7-6-10)9-11-8-12(16)3-4-13(11)15/h3-4,8,10H,2,5-7,9,16H2,1H3. The highest BCUT2D eigenvalue weighted by Crippen LogP contribution is 2.23. The van der Waals surface area contributed by atoms with Gasteiger partial charge in [0.25, 0.3) is 0 Å². The highest BCUT2D eigenvalue weighted by atomic mass is 35.5. The van der Waals surface area contributed by atoms with E-state index < -0.39 is 0 Å². The molecule has 1 amide bonds. The molecule has 0 radical (unpaired) electrons. The number of rotatable bonds is 2. The van der Waals surface area contributed by atoms with Gasteiger partial charge in [-0.05, 0) is 42.5 Å². The Balaban J connectivity index is 2.12. The van der Waals surface area contributed by atoms with E-state index in [1.54, 1.807) is 12.1 Å². The average molecular weight is 267 g/mol. The summed E-state index contributed by atoms with van der Waals surface area (Å²) < 4.78 is 0. The van der Waals surface area contributed by atoms with Crippen molar-refractivity contribution < 1.29 is 4.79 Å². The quantitative estimate of drug-likeness (QED) is 0.837. The summed E-state index contributed by atoms with van der Waals surface area (Å²) in [6, 6.07) is 5.42. The largest absolute Gasteiger partial charge is 0.399 e. The number of carbonyl (C=O) groups is 1. The van der Waals surface area contributed by atoms with Crippen LogP contribution in [-0.4, -0.2) is 17.4 Å². The lowest BCUT2D eigenvalue weighted by Gasteiger charge is -2.21. The molecule has 1 aliphatic rings. The molecule has 1 aromatic carbocycles. The van der Waals surface area contributed by atoms with Crippen molar-refractivity contribution in [2.75, 3.05) is 12.3 Å². The zero-order valence-electron chi connectivity index (χ0n) is 10.7. The van der Waals surface area contributed by atoms with E-state index in [0.717, 1.165) is 24.9 Å². The Hall–Kier alpha value is -1.22. The number of nitrogen functional groups attached to an aromatic ring is 1. The fourth-order valence-corrected chi connectivity index (χ4v) is 2.44. The van der Waals surface area contributed by atoms with Gasteiger partial charge in [-0.3, -0.25) is 4.79 Å². The van der Waals surface area contributed by atoms with Crippen molar-refractivity contribution in [2.45, 2.75) is 32.7 Å². The molecule has 1 unspecified atom stereocenters. The number of benzene rings is 1. The summed E-state index contributed by atoms with van der Waals surface area (Å²) >= 11 is 6.14. The molecule has 3 nitrogen and oxygen atoms in total. The fourth-order valence-electron chi connectivity index (χ4n) is 2.26. The normalized spacial score (nSPS) is 20.9. The third kappa shape index (κ3) is 3.16. The predicted octanol–water partition coefficient (Wildman–Crippen LogP) is 3.07. The van der Waals surface area contributed by atoms with Gasteiger partial charge in [-0.1, -0.05) is 18.5 Å². The minimum absolute atomic E-state index is 0.220. The van der Waals surface area contributed by atoms with Gasteiger partial charge in [0.05, 0.1) is 0 Å². The van der Waals surface area contributed by atoms with Gasteiger partial charge >= 0.3 is 0 Å². The van der Waals surface area contributed by atoms with Gasteiger partial charge in [0.2, 0.25) is 5.91 Å². The number of amides is 1. The second-order valence-electron chi connectivity index (χ2n) is 5.10. The smallest absolute Gasteiger partial charge is 0.222 e. The lowest BCUT2D eigenvalue weighted by Crippen LogP contribution is -2.29. The number of hydrogen-bond acceptors (Lipinski definition) is 2. The Morgan fingerprint density at radius 2 is 2.22 bits per heavy atom. The third-order valence-electron chi connectivity index (χ3n) is 3.53. The summed E-state index contributed by atoms with van der Waals surface area (Å²) in [5.41, 5.74) is 7.37. The predicted molar refractivity (Wildman–Crippen MR) is 74.3 cm³/mol. The first-order valence-corrected chi connectivity index (χ1v) is 6.75. The van der Waals surface area contributed by atoms with E-state index in [1.807, 2.05) is 11.0 Å². The molecule has 0 bridgehead atoms. The summed E-state index contributed by atoms with van der Waals surface area (Å²) in [7, 11) is 0. The Morgan fingerprint density at radius 3 is 3.00 bits per heavy atom. The van der Waals surface area contributed by atoms with Crippen LogP contribution >= 0.6 is 11.6 Å². The first-order chi connectivity index (χ1) is 8.56. The minimum Gasteiger partial charge on any atom is -0.399 e.